The predicted octanol–water partition coefficient (Wildman–Crippen LogP) is 4.67. The minimum absolute atomic E-state index is 0.0902. The van der Waals surface area contributed by atoms with Crippen LogP contribution >= 0.6 is 0 Å². The molecule has 5 aromatic rings. The van der Waals surface area contributed by atoms with Gasteiger partial charge in [-0.05, 0) is 36.4 Å². The summed E-state index contributed by atoms with van der Waals surface area (Å²) in [5.41, 5.74) is 3.90. The molecule has 1 N–H and O–H groups in total. The van der Waals surface area contributed by atoms with Gasteiger partial charge in [-0.3, -0.25) is 9.20 Å². The summed E-state index contributed by atoms with van der Waals surface area (Å²) in [6, 6.07) is 23.6. The van der Waals surface area contributed by atoms with E-state index in [2.05, 4.69) is 25.2 Å². The van der Waals surface area contributed by atoms with E-state index in [1.807, 2.05) is 65.2 Å². The summed E-state index contributed by atoms with van der Waals surface area (Å²) in [6.45, 7) is 1.11. The van der Waals surface area contributed by atoms with Crippen LogP contribution in [-0.4, -0.2) is 38.3 Å². The Morgan fingerprint density at radius 3 is 2.49 bits per heavy atom. The number of amides is 1. The van der Waals surface area contributed by atoms with Crippen molar-refractivity contribution >= 4 is 23.2 Å². The number of anilines is 2. The second-order valence-electron chi connectivity index (χ2n) is 8.46. The predicted molar refractivity (Wildman–Crippen MR) is 132 cm³/mol. The van der Waals surface area contributed by atoms with E-state index in [0.29, 0.717) is 30.2 Å². The van der Waals surface area contributed by atoms with Gasteiger partial charge in [0.15, 0.2) is 0 Å². The molecule has 35 heavy (non-hydrogen) atoms. The molecule has 0 bridgehead atoms. The maximum Gasteiger partial charge on any atom is 0.232 e. The standard InChI is InChI=1S/C27H21FN6O/c28-21-11-9-19(10-12-21)25-26(34-13-5-4-8-23(34)31-25)32-27(35)20-15-33(16-20)24-14-22(29-17-30-24)18-6-2-1-3-7-18/h1-14,17,20H,15-16H2,(H,32,35). The minimum Gasteiger partial charge on any atom is -0.355 e. The molecule has 0 radical (unpaired) electrons. The lowest BCUT2D eigenvalue weighted by atomic mass is 9.99. The van der Waals surface area contributed by atoms with Gasteiger partial charge in [0.1, 0.15) is 35.1 Å². The van der Waals surface area contributed by atoms with Crippen molar-refractivity contribution in [2.24, 2.45) is 5.92 Å². The number of rotatable bonds is 5. The number of hydrogen-bond donors (Lipinski definition) is 1. The van der Waals surface area contributed by atoms with Crippen LogP contribution in [0.25, 0.3) is 28.2 Å². The van der Waals surface area contributed by atoms with Crippen LogP contribution in [0.3, 0.4) is 0 Å². The van der Waals surface area contributed by atoms with Crippen LogP contribution in [0.4, 0.5) is 16.0 Å². The molecule has 172 valence electrons. The van der Waals surface area contributed by atoms with Crippen molar-refractivity contribution in [2.75, 3.05) is 23.3 Å². The average molecular weight is 465 g/mol. The van der Waals surface area contributed by atoms with Gasteiger partial charge >= 0.3 is 0 Å². The molecule has 0 aliphatic carbocycles. The number of aromatic nitrogens is 4. The molecule has 1 amide bonds. The second kappa shape index (κ2) is 8.64. The van der Waals surface area contributed by atoms with E-state index in [4.69, 9.17) is 0 Å². The van der Waals surface area contributed by atoms with Crippen molar-refractivity contribution in [1.29, 1.82) is 0 Å². The lowest BCUT2D eigenvalue weighted by molar-refractivity contribution is -0.120. The van der Waals surface area contributed by atoms with Crippen molar-refractivity contribution < 1.29 is 9.18 Å². The highest BCUT2D eigenvalue weighted by molar-refractivity contribution is 5.97. The molecule has 0 saturated carbocycles. The molecule has 2 aromatic carbocycles. The van der Waals surface area contributed by atoms with E-state index in [1.165, 1.54) is 12.1 Å². The Labute approximate surface area is 200 Å². The van der Waals surface area contributed by atoms with Crippen LogP contribution in [0, 0.1) is 11.7 Å². The number of carbonyl (C=O) groups is 1. The zero-order chi connectivity index (χ0) is 23.8. The molecule has 8 heteroatoms. The van der Waals surface area contributed by atoms with E-state index in [0.717, 1.165) is 22.6 Å². The third-order valence-electron chi connectivity index (χ3n) is 6.19. The zero-order valence-corrected chi connectivity index (χ0v) is 18.7. The molecule has 4 heterocycles. The third kappa shape index (κ3) is 3.99. The van der Waals surface area contributed by atoms with Crippen LogP contribution in [0.2, 0.25) is 0 Å². The van der Waals surface area contributed by atoms with E-state index in [-0.39, 0.29) is 17.6 Å². The Hall–Kier alpha value is -4.59. The van der Waals surface area contributed by atoms with Crippen LogP contribution in [0.15, 0.2) is 91.4 Å². The largest absolute Gasteiger partial charge is 0.355 e. The Morgan fingerprint density at radius 2 is 1.69 bits per heavy atom. The molecule has 0 atom stereocenters. The van der Waals surface area contributed by atoms with Crippen LogP contribution in [0.1, 0.15) is 0 Å². The lowest BCUT2D eigenvalue weighted by Crippen LogP contribution is -2.52. The SMILES string of the molecule is O=C(Nc1c(-c2ccc(F)cc2)nc2ccccn12)C1CN(c2cc(-c3ccccc3)ncn2)C1. The first kappa shape index (κ1) is 21.0. The summed E-state index contributed by atoms with van der Waals surface area (Å²) < 4.78 is 15.3. The number of nitrogens with zero attached hydrogens (tertiary/aromatic N) is 5. The number of carbonyl (C=O) groups excluding carboxylic acids is 1. The summed E-state index contributed by atoms with van der Waals surface area (Å²) >= 11 is 0. The Bertz CT molecular complexity index is 1510. The molecular formula is C27H21FN6O. The highest BCUT2D eigenvalue weighted by atomic mass is 19.1. The van der Waals surface area contributed by atoms with Crippen LogP contribution in [-0.2, 0) is 4.79 Å². The van der Waals surface area contributed by atoms with E-state index < -0.39 is 0 Å². The average Bonchev–Trinajstić information content (AvgIpc) is 3.22. The second-order valence-corrected chi connectivity index (χ2v) is 8.46. The van der Waals surface area contributed by atoms with Gasteiger partial charge in [0.25, 0.3) is 0 Å². The van der Waals surface area contributed by atoms with Crippen molar-refractivity contribution in [3.05, 3.63) is 97.2 Å². The van der Waals surface area contributed by atoms with E-state index in [9.17, 15) is 9.18 Å². The van der Waals surface area contributed by atoms with Gasteiger partial charge < -0.3 is 10.2 Å². The first-order valence-electron chi connectivity index (χ1n) is 11.3. The Kier molecular flexibility index (Phi) is 5.18. The molecule has 1 aliphatic heterocycles. The number of fused-ring (bicyclic) bond motifs is 1. The molecular weight excluding hydrogens is 443 g/mol. The van der Waals surface area contributed by atoms with Gasteiger partial charge in [-0.25, -0.2) is 19.3 Å². The Morgan fingerprint density at radius 1 is 0.914 bits per heavy atom. The fourth-order valence-electron chi connectivity index (χ4n) is 4.26. The van der Waals surface area contributed by atoms with Gasteiger partial charge in [-0.1, -0.05) is 36.4 Å². The normalized spacial score (nSPS) is 13.6. The summed E-state index contributed by atoms with van der Waals surface area (Å²) in [6.07, 6.45) is 3.41. The molecule has 1 aliphatic rings. The minimum atomic E-state index is -0.321. The molecule has 1 fully saturated rings. The van der Waals surface area contributed by atoms with E-state index >= 15 is 0 Å². The molecule has 1 saturated heterocycles. The first-order chi connectivity index (χ1) is 17.2. The first-order valence-corrected chi connectivity index (χ1v) is 11.3. The fourth-order valence-corrected chi connectivity index (χ4v) is 4.26. The molecule has 0 spiro atoms. The highest BCUT2D eigenvalue weighted by Gasteiger charge is 2.34. The van der Waals surface area contributed by atoms with Crippen molar-refractivity contribution in [1.82, 2.24) is 19.4 Å². The van der Waals surface area contributed by atoms with Crippen LogP contribution in [0.5, 0.6) is 0 Å². The number of pyridine rings is 1. The number of hydrogen-bond acceptors (Lipinski definition) is 5. The fraction of sp³-hybridized carbons (Fsp3) is 0.111. The smallest absolute Gasteiger partial charge is 0.232 e. The number of benzene rings is 2. The Balaban J connectivity index is 1.21. The van der Waals surface area contributed by atoms with E-state index in [1.54, 1.807) is 18.5 Å². The number of imidazole rings is 1. The summed E-state index contributed by atoms with van der Waals surface area (Å²) in [7, 11) is 0. The molecule has 0 unspecified atom stereocenters. The van der Waals surface area contributed by atoms with Gasteiger partial charge in [-0.15, -0.1) is 0 Å². The summed E-state index contributed by atoms with van der Waals surface area (Å²) in [5, 5.41) is 3.07. The van der Waals surface area contributed by atoms with Crippen LogP contribution < -0.4 is 10.2 Å². The molecule has 3 aromatic heterocycles. The number of nitrogens with one attached hydrogen (secondary N) is 1. The molecule has 7 nitrogen and oxygen atoms in total. The highest BCUT2D eigenvalue weighted by Crippen LogP contribution is 2.31. The molecule has 6 rings (SSSR count). The third-order valence-corrected chi connectivity index (χ3v) is 6.19. The van der Waals surface area contributed by atoms with Gasteiger partial charge in [0.05, 0.1) is 11.6 Å². The maximum atomic E-state index is 13.5. The van der Waals surface area contributed by atoms with Crippen molar-refractivity contribution in [3.8, 4) is 22.5 Å². The lowest BCUT2D eigenvalue weighted by Gasteiger charge is -2.39. The summed E-state index contributed by atoms with van der Waals surface area (Å²) in [5.74, 6) is 0.764. The zero-order valence-electron chi connectivity index (χ0n) is 18.7. The van der Waals surface area contributed by atoms with Crippen molar-refractivity contribution in [2.45, 2.75) is 0 Å². The summed E-state index contributed by atoms with van der Waals surface area (Å²) in [4.78, 5) is 28.7. The topological polar surface area (TPSA) is 75.4 Å². The van der Waals surface area contributed by atoms with Gasteiger partial charge in [-0.2, -0.15) is 0 Å². The quantitative estimate of drug-likeness (QED) is 0.409. The monoisotopic (exact) mass is 464 g/mol. The number of halogens is 1. The van der Waals surface area contributed by atoms with Gasteiger partial charge in [0.2, 0.25) is 5.91 Å². The van der Waals surface area contributed by atoms with Gasteiger partial charge in [0, 0.05) is 36.5 Å². The van der Waals surface area contributed by atoms with Crippen molar-refractivity contribution in [3.63, 3.8) is 0 Å². The maximum absolute atomic E-state index is 13.5.